The van der Waals surface area contributed by atoms with Crippen LogP contribution in [0.5, 0.6) is 11.5 Å². The van der Waals surface area contributed by atoms with Gasteiger partial charge in [-0.05, 0) is 30.7 Å². The summed E-state index contributed by atoms with van der Waals surface area (Å²) in [5.74, 6) is -1.00. The highest BCUT2D eigenvalue weighted by atomic mass is 19.1. The predicted molar refractivity (Wildman–Crippen MR) is 62.3 cm³/mol. The Morgan fingerprint density at radius 2 is 1.94 bits per heavy atom. The zero-order valence-corrected chi connectivity index (χ0v) is 9.58. The third kappa shape index (κ3) is 2.46. The first-order valence-corrected chi connectivity index (χ1v) is 5.24. The van der Waals surface area contributed by atoms with E-state index < -0.39 is 11.6 Å². The molecule has 0 spiro atoms. The smallest absolute Gasteiger partial charge is 0.168 e. The number of halogens is 2. The van der Waals surface area contributed by atoms with Crippen LogP contribution in [0, 0.1) is 29.9 Å². The van der Waals surface area contributed by atoms with Gasteiger partial charge in [-0.15, -0.1) is 0 Å². The van der Waals surface area contributed by atoms with E-state index in [9.17, 15) is 8.78 Å². The fraction of sp³-hybridized carbons (Fsp3) is 0.0714. The number of aryl methyl sites for hydroxylation is 1. The normalized spacial score (nSPS) is 9.89. The van der Waals surface area contributed by atoms with E-state index in [2.05, 4.69) is 0 Å². The lowest BCUT2D eigenvalue weighted by atomic mass is 10.2. The molecule has 90 valence electrons. The fourth-order valence-electron chi connectivity index (χ4n) is 1.51. The van der Waals surface area contributed by atoms with E-state index in [4.69, 9.17) is 10.00 Å². The second kappa shape index (κ2) is 4.84. The molecular formula is C14H9F2NO. The SMILES string of the molecule is Cc1cccc(Oc2cc(F)cc(C#N)c2)c1F. The average Bonchev–Trinajstić information content (AvgIpc) is 2.34. The van der Waals surface area contributed by atoms with E-state index in [-0.39, 0.29) is 17.1 Å². The van der Waals surface area contributed by atoms with Gasteiger partial charge in [0.1, 0.15) is 11.6 Å². The number of hydrogen-bond donors (Lipinski definition) is 0. The van der Waals surface area contributed by atoms with E-state index in [1.54, 1.807) is 25.1 Å². The van der Waals surface area contributed by atoms with Crippen LogP contribution in [0.4, 0.5) is 8.78 Å². The van der Waals surface area contributed by atoms with Crippen LogP contribution < -0.4 is 4.74 Å². The minimum absolute atomic E-state index is 0.00416. The van der Waals surface area contributed by atoms with Crippen molar-refractivity contribution in [1.29, 1.82) is 5.26 Å². The first kappa shape index (κ1) is 12.1. The lowest BCUT2D eigenvalue weighted by molar-refractivity contribution is 0.436. The summed E-state index contributed by atoms with van der Waals surface area (Å²) in [5.41, 5.74) is 0.558. The molecule has 0 saturated heterocycles. The van der Waals surface area contributed by atoms with E-state index in [1.165, 1.54) is 12.1 Å². The maximum absolute atomic E-state index is 13.7. The topological polar surface area (TPSA) is 33.0 Å². The van der Waals surface area contributed by atoms with Gasteiger partial charge < -0.3 is 4.74 Å². The molecule has 2 nitrogen and oxygen atoms in total. The molecule has 0 bridgehead atoms. The van der Waals surface area contributed by atoms with Gasteiger partial charge in [-0.3, -0.25) is 0 Å². The van der Waals surface area contributed by atoms with Gasteiger partial charge in [0.25, 0.3) is 0 Å². The van der Waals surface area contributed by atoms with Crippen molar-refractivity contribution in [3.63, 3.8) is 0 Å². The molecule has 0 heterocycles. The van der Waals surface area contributed by atoms with E-state index in [1.807, 2.05) is 0 Å². The summed E-state index contributed by atoms with van der Waals surface area (Å²) in [6.07, 6.45) is 0. The van der Waals surface area contributed by atoms with Gasteiger partial charge in [-0.25, -0.2) is 8.78 Å². The lowest BCUT2D eigenvalue weighted by Gasteiger charge is -2.08. The first-order chi connectivity index (χ1) is 8.60. The molecule has 0 radical (unpaired) electrons. The highest BCUT2D eigenvalue weighted by molar-refractivity contribution is 5.40. The molecular weight excluding hydrogens is 236 g/mol. The molecule has 0 unspecified atom stereocenters. The van der Waals surface area contributed by atoms with Gasteiger partial charge in [0.05, 0.1) is 11.6 Å². The van der Waals surface area contributed by atoms with Crippen LogP contribution in [-0.2, 0) is 0 Å². The zero-order valence-electron chi connectivity index (χ0n) is 9.58. The summed E-state index contributed by atoms with van der Waals surface area (Å²) in [5, 5.41) is 8.70. The van der Waals surface area contributed by atoms with Gasteiger partial charge >= 0.3 is 0 Å². The Balaban J connectivity index is 2.37. The molecule has 2 rings (SSSR count). The molecule has 0 amide bonds. The molecule has 2 aromatic rings. The molecule has 2 aromatic carbocycles. The molecule has 0 fully saturated rings. The van der Waals surface area contributed by atoms with E-state index in [0.29, 0.717) is 5.56 Å². The summed E-state index contributed by atoms with van der Waals surface area (Å²) in [7, 11) is 0. The van der Waals surface area contributed by atoms with Crippen LogP contribution in [0.15, 0.2) is 36.4 Å². The van der Waals surface area contributed by atoms with Crippen LogP contribution >= 0.6 is 0 Å². The Kier molecular flexibility index (Phi) is 3.24. The summed E-state index contributed by atoms with van der Waals surface area (Å²) < 4.78 is 32.1. The van der Waals surface area contributed by atoms with Gasteiger partial charge in [0.2, 0.25) is 0 Å². The Morgan fingerprint density at radius 3 is 2.67 bits per heavy atom. The van der Waals surface area contributed by atoms with Crippen LogP contribution in [0.25, 0.3) is 0 Å². The number of ether oxygens (including phenoxy) is 1. The largest absolute Gasteiger partial charge is 0.454 e. The molecule has 0 aromatic heterocycles. The molecule has 0 N–H and O–H groups in total. The van der Waals surface area contributed by atoms with Crippen molar-refractivity contribution in [2.45, 2.75) is 6.92 Å². The number of nitrogens with zero attached hydrogens (tertiary/aromatic N) is 1. The monoisotopic (exact) mass is 245 g/mol. The average molecular weight is 245 g/mol. The number of benzene rings is 2. The Bertz CT molecular complexity index is 632. The third-order valence-electron chi connectivity index (χ3n) is 2.38. The summed E-state index contributed by atoms with van der Waals surface area (Å²) in [6.45, 7) is 1.61. The Morgan fingerprint density at radius 1 is 1.17 bits per heavy atom. The Labute approximate surface area is 103 Å². The van der Waals surface area contributed by atoms with Crippen LogP contribution in [0.3, 0.4) is 0 Å². The van der Waals surface area contributed by atoms with E-state index >= 15 is 0 Å². The fourth-order valence-corrected chi connectivity index (χ4v) is 1.51. The van der Waals surface area contributed by atoms with Gasteiger partial charge in [0.15, 0.2) is 11.6 Å². The molecule has 0 aliphatic heterocycles. The van der Waals surface area contributed by atoms with Crippen molar-refractivity contribution in [2.75, 3.05) is 0 Å². The molecule has 0 saturated carbocycles. The second-order valence-corrected chi connectivity index (χ2v) is 3.78. The highest BCUT2D eigenvalue weighted by Gasteiger charge is 2.08. The van der Waals surface area contributed by atoms with Crippen molar-refractivity contribution < 1.29 is 13.5 Å². The van der Waals surface area contributed by atoms with Crippen molar-refractivity contribution in [3.8, 4) is 17.6 Å². The number of nitriles is 1. The maximum Gasteiger partial charge on any atom is 0.168 e. The van der Waals surface area contributed by atoms with Gasteiger partial charge in [-0.1, -0.05) is 12.1 Å². The first-order valence-electron chi connectivity index (χ1n) is 5.24. The second-order valence-electron chi connectivity index (χ2n) is 3.78. The quantitative estimate of drug-likeness (QED) is 0.802. The third-order valence-corrected chi connectivity index (χ3v) is 2.38. The number of hydrogen-bond acceptors (Lipinski definition) is 2. The van der Waals surface area contributed by atoms with Crippen LogP contribution in [0.2, 0.25) is 0 Å². The van der Waals surface area contributed by atoms with Crippen molar-refractivity contribution in [3.05, 3.63) is 59.2 Å². The van der Waals surface area contributed by atoms with E-state index in [0.717, 1.165) is 12.1 Å². The molecule has 0 aliphatic carbocycles. The van der Waals surface area contributed by atoms with Crippen molar-refractivity contribution >= 4 is 0 Å². The van der Waals surface area contributed by atoms with Gasteiger partial charge in [-0.2, -0.15) is 5.26 Å². The summed E-state index contributed by atoms with van der Waals surface area (Å²) in [4.78, 5) is 0. The van der Waals surface area contributed by atoms with Crippen LogP contribution in [-0.4, -0.2) is 0 Å². The summed E-state index contributed by atoms with van der Waals surface area (Å²) in [6, 6.07) is 10.0. The zero-order chi connectivity index (χ0) is 13.1. The number of rotatable bonds is 2. The summed E-state index contributed by atoms with van der Waals surface area (Å²) >= 11 is 0. The molecule has 0 aliphatic rings. The van der Waals surface area contributed by atoms with Gasteiger partial charge in [0, 0.05) is 6.07 Å². The highest BCUT2D eigenvalue weighted by Crippen LogP contribution is 2.27. The Hall–Kier alpha value is -2.41. The van der Waals surface area contributed by atoms with Crippen molar-refractivity contribution in [2.24, 2.45) is 0 Å². The maximum atomic E-state index is 13.7. The molecule has 4 heteroatoms. The van der Waals surface area contributed by atoms with Crippen molar-refractivity contribution in [1.82, 2.24) is 0 Å². The molecule has 0 atom stereocenters. The van der Waals surface area contributed by atoms with Crippen LogP contribution in [0.1, 0.15) is 11.1 Å². The lowest BCUT2D eigenvalue weighted by Crippen LogP contribution is -1.92. The minimum Gasteiger partial charge on any atom is -0.454 e. The standard InChI is InChI=1S/C14H9F2NO/c1-9-3-2-4-13(14(9)16)18-12-6-10(8-17)5-11(15)7-12/h2-7H,1H3. The molecule has 18 heavy (non-hydrogen) atoms. The minimum atomic E-state index is -0.600. The predicted octanol–water partition coefficient (Wildman–Crippen LogP) is 3.94.